The summed E-state index contributed by atoms with van der Waals surface area (Å²) in [5.74, 6) is 0. The summed E-state index contributed by atoms with van der Waals surface area (Å²) in [5, 5.41) is 0. The van der Waals surface area contributed by atoms with Gasteiger partial charge in [0.25, 0.3) is 0 Å². The van der Waals surface area contributed by atoms with Gasteiger partial charge in [0.2, 0.25) is 0 Å². The van der Waals surface area contributed by atoms with Crippen LogP contribution in [-0.2, 0) is 13.1 Å². The third kappa shape index (κ3) is 1.91. The zero-order valence-corrected chi connectivity index (χ0v) is 8.21. The van der Waals surface area contributed by atoms with Crippen molar-refractivity contribution >= 4 is 0 Å². The number of nitrogens with one attached hydrogen (secondary N) is 1. The summed E-state index contributed by atoms with van der Waals surface area (Å²) >= 11 is 0. The standard InChI is InChI=1S/C10H17N3/c1-2-3-4-5-13-6-9-10(7-13)12-8-11-9/h8H,2-7H2,1H3,(H,11,12). The molecule has 0 fully saturated rings. The average molecular weight is 179 g/mol. The summed E-state index contributed by atoms with van der Waals surface area (Å²) in [6.45, 7) is 5.58. The fourth-order valence-electron chi connectivity index (χ4n) is 1.86. The van der Waals surface area contributed by atoms with E-state index in [1.54, 1.807) is 6.33 Å². The Morgan fingerprint density at radius 1 is 1.46 bits per heavy atom. The summed E-state index contributed by atoms with van der Waals surface area (Å²) < 4.78 is 0. The van der Waals surface area contributed by atoms with E-state index >= 15 is 0 Å². The van der Waals surface area contributed by atoms with Gasteiger partial charge < -0.3 is 4.98 Å². The molecule has 3 heteroatoms. The van der Waals surface area contributed by atoms with Gasteiger partial charge in [0.05, 0.1) is 17.7 Å². The Balaban J connectivity index is 1.78. The van der Waals surface area contributed by atoms with Gasteiger partial charge in [-0.1, -0.05) is 19.8 Å². The first-order valence-corrected chi connectivity index (χ1v) is 5.13. The zero-order valence-electron chi connectivity index (χ0n) is 8.21. The van der Waals surface area contributed by atoms with Gasteiger partial charge in [-0.3, -0.25) is 4.90 Å². The molecular formula is C10H17N3. The van der Waals surface area contributed by atoms with E-state index < -0.39 is 0 Å². The topological polar surface area (TPSA) is 31.9 Å². The second-order valence-corrected chi connectivity index (χ2v) is 3.75. The third-order valence-electron chi connectivity index (χ3n) is 2.64. The molecule has 0 saturated carbocycles. The first-order chi connectivity index (χ1) is 6.40. The Kier molecular flexibility index (Phi) is 2.64. The van der Waals surface area contributed by atoms with Gasteiger partial charge >= 0.3 is 0 Å². The molecule has 13 heavy (non-hydrogen) atoms. The second-order valence-electron chi connectivity index (χ2n) is 3.75. The molecule has 1 aliphatic rings. The van der Waals surface area contributed by atoms with E-state index in [9.17, 15) is 0 Å². The van der Waals surface area contributed by atoms with E-state index in [0.717, 1.165) is 13.1 Å². The maximum Gasteiger partial charge on any atom is 0.0926 e. The first-order valence-electron chi connectivity index (χ1n) is 5.13. The highest BCUT2D eigenvalue weighted by Crippen LogP contribution is 2.18. The molecule has 0 aliphatic carbocycles. The molecule has 1 N–H and O–H groups in total. The molecule has 0 bridgehead atoms. The Morgan fingerprint density at radius 2 is 2.38 bits per heavy atom. The van der Waals surface area contributed by atoms with Crippen LogP contribution in [0.25, 0.3) is 0 Å². The third-order valence-corrected chi connectivity index (χ3v) is 2.64. The molecule has 1 aromatic heterocycles. The highest BCUT2D eigenvalue weighted by molar-refractivity contribution is 5.15. The number of aromatic amines is 1. The molecule has 0 amide bonds. The molecule has 1 aromatic rings. The van der Waals surface area contributed by atoms with E-state index in [0.29, 0.717) is 0 Å². The summed E-state index contributed by atoms with van der Waals surface area (Å²) in [6.07, 6.45) is 5.77. The predicted molar refractivity (Wildman–Crippen MR) is 52.2 cm³/mol. The highest BCUT2D eigenvalue weighted by atomic mass is 15.2. The summed E-state index contributed by atoms with van der Waals surface area (Å²) in [7, 11) is 0. The number of rotatable bonds is 4. The first kappa shape index (κ1) is 8.75. The van der Waals surface area contributed by atoms with Crippen LogP contribution in [0.4, 0.5) is 0 Å². The van der Waals surface area contributed by atoms with Crippen LogP contribution in [0.5, 0.6) is 0 Å². The van der Waals surface area contributed by atoms with Crippen LogP contribution in [0.15, 0.2) is 6.33 Å². The summed E-state index contributed by atoms with van der Waals surface area (Å²) in [6, 6.07) is 0. The van der Waals surface area contributed by atoms with Crippen molar-refractivity contribution in [2.75, 3.05) is 6.54 Å². The van der Waals surface area contributed by atoms with Crippen LogP contribution in [-0.4, -0.2) is 21.4 Å². The van der Waals surface area contributed by atoms with Gasteiger partial charge in [0.1, 0.15) is 0 Å². The lowest BCUT2D eigenvalue weighted by Crippen LogP contribution is -2.18. The molecular weight excluding hydrogens is 162 g/mol. The molecule has 0 spiro atoms. The fourth-order valence-corrected chi connectivity index (χ4v) is 1.86. The molecule has 2 heterocycles. The molecule has 3 nitrogen and oxygen atoms in total. The van der Waals surface area contributed by atoms with Gasteiger partial charge in [-0.05, 0) is 13.0 Å². The van der Waals surface area contributed by atoms with Crippen molar-refractivity contribution in [3.8, 4) is 0 Å². The largest absolute Gasteiger partial charge is 0.347 e. The molecule has 0 saturated heterocycles. The zero-order chi connectivity index (χ0) is 9.10. The molecule has 1 aliphatic heterocycles. The lowest BCUT2D eigenvalue weighted by Gasteiger charge is -2.13. The molecule has 0 unspecified atom stereocenters. The van der Waals surface area contributed by atoms with Crippen LogP contribution in [0, 0.1) is 0 Å². The van der Waals surface area contributed by atoms with E-state index in [-0.39, 0.29) is 0 Å². The minimum atomic E-state index is 1.04. The van der Waals surface area contributed by atoms with Crippen molar-refractivity contribution in [3.05, 3.63) is 17.7 Å². The van der Waals surface area contributed by atoms with Crippen molar-refractivity contribution in [3.63, 3.8) is 0 Å². The maximum atomic E-state index is 4.28. The SMILES string of the molecule is CCCCCN1Cc2nc[nH]c2C1. The molecule has 72 valence electrons. The van der Waals surface area contributed by atoms with Crippen molar-refractivity contribution < 1.29 is 0 Å². The Hall–Kier alpha value is -0.830. The minimum Gasteiger partial charge on any atom is -0.347 e. The smallest absolute Gasteiger partial charge is 0.0926 e. The summed E-state index contributed by atoms with van der Waals surface area (Å²) in [5.41, 5.74) is 2.56. The second kappa shape index (κ2) is 3.92. The number of hydrogen-bond acceptors (Lipinski definition) is 2. The quantitative estimate of drug-likeness (QED) is 0.716. The van der Waals surface area contributed by atoms with Gasteiger partial charge in [-0.2, -0.15) is 0 Å². The average Bonchev–Trinajstić information content (AvgIpc) is 2.64. The van der Waals surface area contributed by atoms with E-state index in [2.05, 4.69) is 21.8 Å². The van der Waals surface area contributed by atoms with E-state index in [4.69, 9.17) is 0 Å². The Morgan fingerprint density at radius 3 is 3.15 bits per heavy atom. The Labute approximate surface area is 79.2 Å². The van der Waals surface area contributed by atoms with Gasteiger partial charge in [-0.15, -0.1) is 0 Å². The number of unbranched alkanes of at least 4 members (excludes halogenated alkanes) is 2. The molecule has 0 aromatic carbocycles. The lowest BCUT2D eigenvalue weighted by atomic mass is 10.2. The monoisotopic (exact) mass is 179 g/mol. The van der Waals surface area contributed by atoms with E-state index in [1.165, 1.54) is 37.2 Å². The van der Waals surface area contributed by atoms with Gasteiger partial charge in [0, 0.05) is 13.1 Å². The minimum absolute atomic E-state index is 1.04. The van der Waals surface area contributed by atoms with Crippen LogP contribution in [0.2, 0.25) is 0 Å². The number of fused-ring (bicyclic) bond motifs is 1. The van der Waals surface area contributed by atoms with Crippen molar-refractivity contribution in [2.24, 2.45) is 0 Å². The Bertz CT molecular complexity index is 246. The summed E-state index contributed by atoms with van der Waals surface area (Å²) in [4.78, 5) is 9.93. The number of hydrogen-bond donors (Lipinski definition) is 1. The van der Waals surface area contributed by atoms with Crippen LogP contribution < -0.4 is 0 Å². The van der Waals surface area contributed by atoms with Crippen LogP contribution >= 0.6 is 0 Å². The highest BCUT2D eigenvalue weighted by Gasteiger charge is 2.19. The van der Waals surface area contributed by atoms with Crippen LogP contribution in [0.3, 0.4) is 0 Å². The van der Waals surface area contributed by atoms with Crippen molar-refractivity contribution in [1.29, 1.82) is 0 Å². The van der Waals surface area contributed by atoms with E-state index in [1.807, 2.05) is 0 Å². The lowest BCUT2D eigenvalue weighted by molar-refractivity contribution is 0.273. The van der Waals surface area contributed by atoms with Crippen molar-refractivity contribution in [2.45, 2.75) is 39.3 Å². The van der Waals surface area contributed by atoms with Crippen molar-refractivity contribution in [1.82, 2.24) is 14.9 Å². The van der Waals surface area contributed by atoms with Crippen LogP contribution in [0.1, 0.15) is 37.6 Å². The number of H-pyrrole nitrogens is 1. The number of imidazole rings is 1. The number of nitrogens with zero attached hydrogens (tertiary/aromatic N) is 2. The predicted octanol–water partition coefficient (Wildman–Crippen LogP) is 1.92. The van der Waals surface area contributed by atoms with Gasteiger partial charge in [-0.25, -0.2) is 4.98 Å². The molecule has 0 atom stereocenters. The van der Waals surface area contributed by atoms with Gasteiger partial charge in [0.15, 0.2) is 0 Å². The maximum absolute atomic E-state index is 4.28. The normalized spacial score (nSPS) is 16.4. The fraction of sp³-hybridized carbons (Fsp3) is 0.700. The number of aromatic nitrogens is 2. The molecule has 2 rings (SSSR count). The molecule has 0 radical (unpaired) electrons.